The molecule has 4 saturated carbocycles. The van der Waals surface area contributed by atoms with Crippen LogP contribution in [0, 0.1) is 17.8 Å². The van der Waals surface area contributed by atoms with Crippen LogP contribution in [0.1, 0.15) is 74.2 Å². The Balaban J connectivity index is 1.11. The second kappa shape index (κ2) is 9.92. The summed E-state index contributed by atoms with van der Waals surface area (Å²) in [4.78, 5) is 36.1. The first-order chi connectivity index (χ1) is 15.4. The molecule has 2 amide bonds. The zero-order valence-electron chi connectivity index (χ0n) is 18.9. The maximum absolute atomic E-state index is 12.4. The predicted octanol–water partition coefficient (Wildman–Crippen LogP) is 3.95. The Bertz CT molecular complexity index is 800. The van der Waals surface area contributed by atoms with Crippen molar-refractivity contribution in [1.82, 2.24) is 10.6 Å². The number of rotatable bonds is 9. The molecule has 0 spiro atoms. The molecule has 0 aliphatic heterocycles. The van der Waals surface area contributed by atoms with Crippen molar-refractivity contribution in [2.45, 2.75) is 70.4 Å². The Morgan fingerprint density at radius 2 is 1.59 bits per heavy atom. The van der Waals surface area contributed by atoms with E-state index in [2.05, 4.69) is 10.6 Å². The maximum Gasteiger partial charge on any atom is 0.338 e. The summed E-state index contributed by atoms with van der Waals surface area (Å²) in [5.74, 6) is 1.70. The van der Waals surface area contributed by atoms with Crippen LogP contribution in [-0.4, -0.2) is 36.7 Å². The molecule has 0 unspecified atom stereocenters. The van der Waals surface area contributed by atoms with Crippen LogP contribution in [0.2, 0.25) is 0 Å². The van der Waals surface area contributed by atoms with E-state index in [1.54, 1.807) is 31.2 Å². The molecule has 0 radical (unpaired) electrons. The third-order valence-corrected chi connectivity index (χ3v) is 7.13. The fraction of sp³-hybridized carbons (Fsp3) is 0.640. The summed E-state index contributed by atoms with van der Waals surface area (Å²) >= 11 is 0. The monoisotopic (exact) mass is 442 g/mol. The molecule has 7 nitrogen and oxygen atoms in total. The fourth-order valence-corrected chi connectivity index (χ4v) is 6.17. The Hall–Kier alpha value is -2.57. The first-order valence-electron chi connectivity index (χ1n) is 11.9. The highest BCUT2D eigenvalue weighted by Gasteiger charge is 2.51. The number of carbonyl (C=O) groups is 3. The molecule has 4 bridgehead atoms. The molecule has 1 aromatic rings. The van der Waals surface area contributed by atoms with Gasteiger partial charge in [0.2, 0.25) is 0 Å². The van der Waals surface area contributed by atoms with Crippen molar-refractivity contribution in [3.63, 3.8) is 0 Å². The lowest BCUT2D eigenvalue weighted by Crippen LogP contribution is -2.61. The zero-order chi connectivity index (χ0) is 22.6. The van der Waals surface area contributed by atoms with Crippen molar-refractivity contribution in [2.75, 3.05) is 13.2 Å². The van der Waals surface area contributed by atoms with Gasteiger partial charge >= 0.3 is 18.0 Å². The lowest BCUT2D eigenvalue weighted by atomic mass is 9.53. The number of nitrogens with one attached hydrogen (secondary N) is 2. The highest BCUT2D eigenvalue weighted by atomic mass is 16.5. The van der Waals surface area contributed by atoms with Crippen LogP contribution in [0.5, 0.6) is 0 Å². The number of urea groups is 1. The summed E-state index contributed by atoms with van der Waals surface area (Å²) in [6, 6.07) is 6.70. The molecular weight excluding hydrogens is 408 g/mol. The van der Waals surface area contributed by atoms with Gasteiger partial charge in [-0.15, -0.1) is 0 Å². The summed E-state index contributed by atoms with van der Waals surface area (Å²) < 4.78 is 10.2. The second-order valence-electron chi connectivity index (χ2n) is 9.76. The van der Waals surface area contributed by atoms with Crippen molar-refractivity contribution >= 4 is 18.0 Å². The van der Waals surface area contributed by atoms with Gasteiger partial charge in [-0.3, -0.25) is 4.79 Å². The van der Waals surface area contributed by atoms with E-state index in [1.807, 2.05) is 0 Å². The summed E-state index contributed by atoms with van der Waals surface area (Å²) in [5.41, 5.74) is 1.28. The standard InChI is InChI=1S/C25H34N2O5/c1-2-31-23(29)21-7-5-17(6-8-21)16-32-22(28)4-3-9-26-24(30)27-25-13-18-10-19(14-25)12-20(11-18)15-25/h5-8,18-20H,2-4,9-16H2,1H3,(H2,26,27,30). The molecular formula is C25H34N2O5. The van der Waals surface area contributed by atoms with E-state index >= 15 is 0 Å². The molecule has 5 rings (SSSR count). The predicted molar refractivity (Wildman–Crippen MR) is 119 cm³/mol. The minimum Gasteiger partial charge on any atom is -0.462 e. The van der Waals surface area contributed by atoms with Crippen LogP contribution in [0.25, 0.3) is 0 Å². The second-order valence-corrected chi connectivity index (χ2v) is 9.76. The van der Waals surface area contributed by atoms with E-state index in [0.29, 0.717) is 25.1 Å². The summed E-state index contributed by atoms with van der Waals surface area (Å²) in [6.07, 6.45) is 8.20. The molecule has 174 valence electrons. The Kier molecular flexibility index (Phi) is 7.01. The van der Waals surface area contributed by atoms with E-state index in [9.17, 15) is 14.4 Å². The number of esters is 2. The lowest BCUT2D eigenvalue weighted by Gasteiger charge is -2.56. The van der Waals surface area contributed by atoms with Crippen molar-refractivity contribution in [3.05, 3.63) is 35.4 Å². The fourth-order valence-electron chi connectivity index (χ4n) is 6.17. The average Bonchev–Trinajstić information content (AvgIpc) is 2.74. The molecule has 7 heteroatoms. The Morgan fingerprint density at radius 1 is 0.969 bits per heavy atom. The van der Waals surface area contributed by atoms with E-state index in [1.165, 1.54) is 19.3 Å². The van der Waals surface area contributed by atoms with E-state index < -0.39 is 0 Å². The number of hydrogen-bond donors (Lipinski definition) is 2. The summed E-state index contributed by atoms with van der Waals surface area (Å²) in [7, 11) is 0. The minimum atomic E-state index is -0.365. The molecule has 4 fully saturated rings. The smallest absolute Gasteiger partial charge is 0.338 e. The number of benzene rings is 1. The highest BCUT2D eigenvalue weighted by Crippen LogP contribution is 2.55. The zero-order valence-corrected chi connectivity index (χ0v) is 18.9. The molecule has 4 aliphatic carbocycles. The van der Waals surface area contributed by atoms with Crippen molar-refractivity contribution in [1.29, 1.82) is 0 Å². The van der Waals surface area contributed by atoms with Crippen LogP contribution in [0.3, 0.4) is 0 Å². The normalized spacial score (nSPS) is 27.6. The SMILES string of the molecule is CCOC(=O)c1ccc(COC(=O)CCCNC(=O)NC23CC4CC(CC(C4)C2)C3)cc1. The average molecular weight is 443 g/mol. The number of amides is 2. The van der Waals surface area contributed by atoms with Gasteiger partial charge in [-0.05, 0) is 87.3 Å². The van der Waals surface area contributed by atoms with Gasteiger partial charge in [0, 0.05) is 18.5 Å². The van der Waals surface area contributed by atoms with Gasteiger partial charge in [-0.2, -0.15) is 0 Å². The quantitative estimate of drug-likeness (QED) is 0.446. The number of carbonyl (C=O) groups excluding carboxylic acids is 3. The maximum atomic E-state index is 12.4. The van der Waals surface area contributed by atoms with E-state index in [4.69, 9.17) is 9.47 Å². The van der Waals surface area contributed by atoms with Gasteiger partial charge in [0.25, 0.3) is 0 Å². The van der Waals surface area contributed by atoms with Gasteiger partial charge in [-0.25, -0.2) is 9.59 Å². The third-order valence-electron chi connectivity index (χ3n) is 7.13. The van der Waals surface area contributed by atoms with Crippen molar-refractivity contribution in [3.8, 4) is 0 Å². The van der Waals surface area contributed by atoms with Gasteiger partial charge in [-0.1, -0.05) is 12.1 Å². The Morgan fingerprint density at radius 3 is 2.19 bits per heavy atom. The van der Waals surface area contributed by atoms with Gasteiger partial charge in [0.1, 0.15) is 6.61 Å². The van der Waals surface area contributed by atoms with Gasteiger partial charge in [0.05, 0.1) is 12.2 Å². The largest absolute Gasteiger partial charge is 0.462 e. The van der Waals surface area contributed by atoms with Gasteiger partial charge in [0.15, 0.2) is 0 Å². The van der Waals surface area contributed by atoms with Crippen molar-refractivity contribution < 1.29 is 23.9 Å². The van der Waals surface area contributed by atoms with Crippen molar-refractivity contribution in [2.24, 2.45) is 17.8 Å². The lowest BCUT2D eigenvalue weighted by molar-refractivity contribution is -0.145. The number of ether oxygens (including phenoxy) is 2. The summed E-state index contributed by atoms with van der Waals surface area (Å²) in [5, 5.41) is 6.19. The minimum absolute atomic E-state index is 0.000585. The molecule has 1 aromatic carbocycles. The molecule has 0 heterocycles. The molecule has 0 saturated heterocycles. The van der Waals surface area contributed by atoms with Crippen LogP contribution in [-0.2, 0) is 20.9 Å². The van der Waals surface area contributed by atoms with Crippen LogP contribution >= 0.6 is 0 Å². The van der Waals surface area contributed by atoms with Crippen LogP contribution < -0.4 is 10.6 Å². The highest BCUT2D eigenvalue weighted by molar-refractivity contribution is 5.89. The van der Waals surface area contributed by atoms with Crippen LogP contribution in [0.4, 0.5) is 4.79 Å². The molecule has 32 heavy (non-hydrogen) atoms. The first-order valence-corrected chi connectivity index (χ1v) is 11.9. The summed E-state index contributed by atoms with van der Waals surface area (Å²) in [6.45, 7) is 2.69. The topological polar surface area (TPSA) is 93.7 Å². The molecule has 0 atom stereocenters. The molecule has 2 N–H and O–H groups in total. The molecule has 0 aromatic heterocycles. The molecule has 4 aliphatic rings. The van der Waals surface area contributed by atoms with E-state index in [0.717, 1.165) is 42.6 Å². The first kappa shape index (κ1) is 22.6. The number of hydrogen-bond acceptors (Lipinski definition) is 5. The third kappa shape index (κ3) is 5.61. The van der Waals surface area contributed by atoms with E-state index in [-0.39, 0.29) is 36.5 Å². The van der Waals surface area contributed by atoms with Gasteiger partial charge < -0.3 is 20.1 Å². The Labute approximate surface area is 189 Å². The van der Waals surface area contributed by atoms with Crippen LogP contribution in [0.15, 0.2) is 24.3 Å².